The van der Waals surface area contributed by atoms with Crippen LogP contribution in [0.15, 0.2) is 36.5 Å². The number of nitrogens with one attached hydrogen (secondary N) is 1. The number of carbonyl (C=O) groups is 2. The highest BCUT2D eigenvalue weighted by Gasteiger charge is 2.31. The molecule has 2 N–H and O–H groups in total. The number of phenols is 1. The highest BCUT2D eigenvalue weighted by atomic mass is 35.5. The molecule has 1 aliphatic heterocycles. The van der Waals surface area contributed by atoms with Gasteiger partial charge in [0.25, 0.3) is 0 Å². The summed E-state index contributed by atoms with van der Waals surface area (Å²) >= 11 is 6.02. The van der Waals surface area contributed by atoms with Crippen molar-refractivity contribution in [3.8, 4) is 16.9 Å². The van der Waals surface area contributed by atoms with E-state index in [1.807, 2.05) is 23.1 Å². The van der Waals surface area contributed by atoms with Gasteiger partial charge in [0.2, 0.25) is 5.91 Å². The van der Waals surface area contributed by atoms with Crippen LogP contribution in [0, 0.1) is 11.7 Å². The third-order valence-electron chi connectivity index (χ3n) is 7.84. The molecule has 1 aliphatic carbocycles. The standard InChI is InChI=1S/C29H32ClFN4O3/c1-17(36)23-16-32-26-8-5-19(20-14-24(30)28(37)25(31)15-20)13-22(26)27(23)33-21-6-3-18(4-7-21)29(38)35-11-9-34(2)10-12-35/h5,8,13-16,18,21,37H,3-4,6-7,9-12H2,1-2H3,(H,32,33). The smallest absolute Gasteiger partial charge is 0.225 e. The van der Waals surface area contributed by atoms with Crippen LogP contribution in [0.5, 0.6) is 5.75 Å². The van der Waals surface area contributed by atoms with Crippen molar-refractivity contribution in [1.82, 2.24) is 14.8 Å². The first-order chi connectivity index (χ1) is 18.2. The van der Waals surface area contributed by atoms with Crippen LogP contribution < -0.4 is 5.32 Å². The molecule has 1 saturated carbocycles. The Hall–Kier alpha value is -3.23. The zero-order chi connectivity index (χ0) is 27.0. The highest BCUT2D eigenvalue weighted by Crippen LogP contribution is 2.37. The van der Waals surface area contributed by atoms with Crippen molar-refractivity contribution < 1.29 is 19.1 Å². The van der Waals surface area contributed by atoms with Gasteiger partial charge in [0, 0.05) is 49.7 Å². The van der Waals surface area contributed by atoms with Gasteiger partial charge in [0.15, 0.2) is 17.3 Å². The van der Waals surface area contributed by atoms with Gasteiger partial charge in [0.1, 0.15) is 0 Å². The SMILES string of the molecule is CC(=O)c1cnc2ccc(-c3cc(F)c(O)c(Cl)c3)cc2c1NC1CCC(C(=O)N2CCN(C)CC2)CC1. The first-order valence-corrected chi connectivity index (χ1v) is 13.4. The molecule has 1 saturated heterocycles. The van der Waals surface area contributed by atoms with E-state index in [1.165, 1.54) is 19.1 Å². The van der Waals surface area contributed by atoms with Crippen LogP contribution in [0.2, 0.25) is 5.02 Å². The number of rotatable bonds is 5. The fourth-order valence-corrected chi connectivity index (χ4v) is 5.71. The Bertz CT molecular complexity index is 1360. The first-order valence-electron chi connectivity index (χ1n) is 13.1. The third-order valence-corrected chi connectivity index (χ3v) is 8.13. The van der Waals surface area contributed by atoms with Crippen molar-refractivity contribution in [3.63, 3.8) is 0 Å². The number of phenolic OH excluding ortho intramolecular Hbond substituents is 1. The van der Waals surface area contributed by atoms with Crippen LogP contribution in [0.4, 0.5) is 10.1 Å². The monoisotopic (exact) mass is 538 g/mol. The summed E-state index contributed by atoms with van der Waals surface area (Å²) in [5, 5.41) is 14.0. The number of halogens is 2. The molecular formula is C29H32ClFN4O3. The Balaban J connectivity index is 1.39. The van der Waals surface area contributed by atoms with Crippen molar-refractivity contribution >= 4 is 39.9 Å². The van der Waals surface area contributed by atoms with Crippen molar-refractivity contribution in [2.45, 2.75) is 38.6 Å². The molecule has 0 bridgehead atoms. The number of hydrogen-bond donors (Lipinski definition) is 2. The topological polar surface area (TPSA) is 85.8 Å². The summed E-state index contributed by atoms with van der Waals surface area (Å²) in [6.07, 6.45) is 4.84. The molecule has 2 fully saturated rings. The maximum absolute atomic E-state index is 14.2. The molecule has 5 rings (SSSR count). The molecule has 2 aliphatic rings. The van der Waals surface area contributed by atoms with E-state index in [2.05, 4.69) is 22.2 Å². The summed E-state index contributed by atoms with van der Waals surface area (Å²) in [7, 11) is 2.08. The second kappa shape index (κ2) is 10.9. The molecule has 38 heavy (non-hydrogen) atoms. The van der Waals surface area contributed by atoms with E-state index in [1.54, 1.807) is 6.20 Å². The molecule has 2 aromatic carbocycles. The summed E-state index contributed by atoms with van der Waals surface area (Å²) in [6.45, 7) is 4.92. The zero-order valence-corrected chi connectivity index (χ0v) is 22.4. The summed E-state index contributed by atoms with van der Waals surface area (Å²) in [4.78, 5) is 34.3. The molecule has 0 atom stereocenters. The first kappa shape index (κ1) is 26.4. The highest BCUT2D eigenvalue weighted by molar-refractivity contribution is 6.32. The van der Waals surface area contributed by atoms with Crippen LogP contribution in [0.1, 0.15) is 43.0 Å². The molecule has 0 spiro atoms. The average Bonchev–Trinajstić information content (AvgIpc) is 2.91. The van der Waals surface area contributed by atoms with E-state index in [4.69, 9.17) is 11.6 Å². The van der Waals surface area contributed by atoms with Crippen molar-refractivity contribution in [1.29, 1.82) is 0 Å². The zero-order valence-electron chi connectivity index (χ0n) is 21.6. The Kier molecular flexibility index (Phi) is 7.54. The molecule has 1 aromatic heterocycles. The number of aromatic hydroxyl groups is 1. The van der Waals surface area contributed by atoms with Crippen molar-refractivity contribution in [3.05, 3.63) is 52.9 Å². The molecule has 0 radical (unpaired) electrons. The molecule has 3 aromatic rings. The fraction of sp³-hybridized carbons (Fsp3) is 0.414. The molecule has 1 amide bonds. The minimum Gasteiger partial charge on any atom is -0.504 e. The van der Waals surface area contributed by atoms with Gasteiger partial charge in [-0.15, -0.1) is 0 Å². The Morgan fingerprint density at radius 2 is 1.76 bits per heavy atom. The van der Waals surface area contributed by atoms with E-state index < -0.39 is 11.6 Å². The number of carbonyl (C=O) groups excluding carboxylic acids is 2. The lowest BCUT2D eigenvalue weighted by Gasteiger charge is -2.37. The van der Waals surface area contributed by atoms with E-state index in [-0.39, 0.29) is 28.7 Å². The maximum Gasteiger partial charge on any atom is 0.225 e. The molecular weight excluding hydrogens is 507 g/mol. The van der Waals surface area contributed by atoms with E-state index in [0.29, 0.717) is 27.9 Å². The minimum atomic E-state index is -0.801. The summed E-state index contributed by atoms with van der Waals surface area (Å²) in [5.41, 5.74) is 3.08. The number of nitrogens with zero attached hydrogens (tertiary/aromatic N) is 3. The number of Topliss-reactive ketones (excluding diaryl/α,β-unsaturated/α-hetero) is 1. The lowest BCUT2D eigenvalue weighted by molar-refractivity contribution is -0.138. The van der Waals surface area contributed by atoms with Crippen LogP contribution in [0.3, 0.4) is 0 Å². The second-order valence-corrected chi connectivity index (χ2v) is 10.9. The number of hydrogen-bond acceptors (Lipinski definition) is 6. The van der Waals surface area contributed by atoms with Gasteiger partial charge >= 0.3 is 0 Å². The average molecular weight is 539 g/mol. The lowest BCUT2D eigenvalue weighted by Crippen LogP contribution is -2.49. The number of ketones is 1. The fourth-order valence-electron chi connectivity index (χ4n) is 5.50. The van der Waals surface area contributed by atoms with Gasteiger partial charge in [-0.3, -0.25) is 14.6 Å². The van der Waals surface area contributed by atoms with E-state index in [9.17, 15) is 19.1 Å². The van der Waals surface area contributed by atoms with Gasteiger partial charge in [-0.2, -0.15) is 0 Å². The van der Waals surface area contributed by atoms with Gasteiger partial charge < -0.3 is 20.2 Å². The molecule has 2 heterocycles. The number of aromatic nitrogens is 1. The molecule has 0 unspecified atom stereocenters. The van der Waals surface area contributed by atoms with Crippen LogP contribution in [0.25, 0.3) is 22.0 Å². The van der Waals surface area contributed by atoms with Crippen molar-refractivity contribution in [2.75, 3.05) is 38.5 Å². The molecule has 7 nitrogen and oxygen atoms in total. The Morgan fingerprint density at radius 1 is 1.05 bits per heavy atom. The normalized spacial score (nSPS) is 20.5. The van der Waals surface area contributed by atoms with Gasteiger partial charge in [-0.25, -0.2) is 4.39 Å². The van der Waals surface area contributed by atoms with Gasteiger partial charge in [-0.05, 0) is 75.0 Å². The lowest BCUT2D eigenvalue weighted by atomic mass is 9.84. The number of anilines is 1. The van der Waals surface area contributed by atoms with Crippen LogP contribution >= 0.6 is 11.6 Å². The summed E-state index contributed by atoms with van der Waals surface area (Å²) in [5.74, 6) is -1.19. The molecule has 9 heteroatoms. The van der Waals surface area contributed by atoms with E-state index in [0.717, 1.165) is 57.2 Å². The summed E-state index contributed by atoms with van der Waals surface area (Å²) < 4.78 is 14.2. The van der Waals surface area contributed by atoms with E-state index >= 15 is 0 Å². The molecule has 200 valence electrons. The Morgan fingerprint density at radius 3 is 2.42 bits per heavy atom. The van der Waals surface area contributed by atoms with Crippen molar-refractivity contribution in [2.24, 2.45) is 5.92 Å². The predicted molar refractivity (Wildman–Crippen MR) is 147 cm³/mol. The Labute approximate surface area is 226 Å². The maximum atomic E-state index is 14.2. The number of piperazine rings is 1. The van der Waals surface area contributed by atoms with Crippen LogP contribution in [-0.4, -0.2) is 70.8 Å². The van der Waals surface area contributed by atoms with Crippen LogP contribution in [-0.2, 0) is 4.79 Å². The number of pyridine rings is 1. The number of fused-ring (bicyclic) bond motifs is 1. The second-order valence-electron chi connectivity index (χ2n) is 10.4. The number of benzene rings is 2. The van der Waals surface area contributed by atoms with Gasteiger partial charge in [-0.1, -0.05) is 17.7 Å². The number of amides is 1. The number of likely N-dealkylation sites (N-methyl/N-ethyl adjacent to an activating group) is 1. The minimum absolute atomic E-state index is 0.0404. The third kappa shape index (κ3) is 5.33. The summed E-state index contributed by atoms with van der Waals surface area (Å²) in [6, 6.07) is 8.35. The predicted octanol–water partition coefficient (Wildman–Crippen LogP) is 5.35. The van der Waals surface area contributed by atoms with Gasteiger partial charge in [0.05, 0.1) is 21.8 Å². The largest absolute Gasteiger partial charge is 0.504 e. The quantitative estimate of drug-likeness (QED) is 0.426.